The molecule has 0 aliphatic carbocycles. The minimum Gasteiger partial charge on any atom is -0.497 e. The molecule has 0 aromatic heterocycles. The van der Waals surface area contributed by atoms with E-state index < -0.39 is 17.6 Å². The topological polar surface area (TPSA) is 47.6 Å². The molecule has 128 valence electrons. The number of rotatable bonds is 4. The number of halogens is 4. The molecule has 2 rings (SSSR count). The quantitative estimate of drug-likeness (QED) is 0.801. The summed E-state index contributed by atoms with van der Waals surface area (Å²) in [5.74, 6) is -0.00211. The fourth-order valence-electron chi connectivity index (χ4n) is 1.99. The molecule has 0 bridgehead atoms. The molecule has 0 saturated carbocycles. The zero-order valence-electron chi connectivity index (χ0n) is 12.7. The standard InChI is InChI=1S/C16H13BrF3NO3/c1-23-11-5-9(6-12(8-11)24-2)15(22)21-14-4-3-10(17)7-13(14)16(18,19)20/h3-8H,1-2H3,(H,21,22). The Kier molecular flexibility index (Phi) is 5.38. The first-order chi connectivity index (χ1) is 11.2. The lowest BCUT2D eigenvalue weighted by Gasteiger charge is -2.15. The second-order valence-electron chi connectivity index (χ2n) is 4.74. The van der Waals surface area contributed by atoms with Gasteiger partial charge in [-0.15, -0.1) is 0 Å². The van der Waals surface area contributed by atoms with Gasteiger partial charge < -0.3 is 14.8 Å². The van der Waals surface area contributed by atoms with Crippen molar-refractivity contribution in [2.75, 3.05) is 19.5 Å². The summed E-state index contributed by atoms with van der Waals surface area (Å²) in [5.41, 5.74) is -1.17. The van der Waals surface area contributed by atoms with Crippen LogP contribution in [-0.4, -0.2) is 20.1 Å². The van der Waals surface area contributed by atoms with Gasteiger partial charge in [-0.1, -0.05) is 15.9 Å². The van der Waals surface area contributed by atoms with E-state index in [1.807, 2.05) is 0 Å². The first kappa shape index (κ1) is 18.1. The van der Waals surface area contributed by atoms with Crippen LogP contribution in [0.5, 0.6) is 11.5 Å². The first-order valence-corrected chi connectivity index (χ1v) is 7.45. The van der Waals surface area contributed by atoms with Gasteiger partial charge in [0.05, 0.1) is 25.5 Å². The fraction of sp³-hybridized carbons (Fsp3) is 0.188. The minimum atomic E-state index is -4.60. The van der Waals surface area contributed by atoms with Crippen molar-refractivity contribution in [1.29, 1.82) is 0 Å². The molecule has 0 aliphatic heterocycles. The molecule has 0 aliphatic rings. The monoisotopic (exact) mass is 403 g/mol. The third kappa shape index (κ3) is 4.19. The van der Waals surface area contributed by atoms with Crippen LogP contribution in [0, 0.1) is 0 Å². The molecule has 0 saturated heterocycles. The number of hydrogen-bond donors (Lipinski definition) is 1. The lowest BCUT2D eigenvalue weighted by atomic mass is 10.1. The van der Waals surface area contributed by atoms with E-state index in [-0.39, 0.29) is 15.7 Å². The first-order valence-electron chi connectivity index (χ1n) is 6.65. The smallest absolute Gasteiger partial charge is 0.418 e. The Hall–Kier alpha value is -2.22. The second-order valence-corrected chi connectivity index (χ2v) is 5.66. The molecule has 4 nitrogen and oxygen atoms in total. The number of carbonyl (C=O) groups is 1. The molecule has 0 radical (unpaired) electrons. The van der Waals surface area contributed by atoms with Gasteiger partial charge in [0.2, 0.25) is 0 Å². The Morgan fingerprint density at radius 2 is 1.62 bits per heavy atom. The lowest BCUT2D eigenvalue weighted by Crippen LogP contribution is -2.17. The number of methoxy groups -OCH3 is 2. The van der Waals surface area contributed by atoms with E-state index >= 15 is 0 Å². The van der Waals surface area contributed by atoms with Gasteiger partial charge in [-0.3, -0.25) is 4.79 Å². The molecule has 8 heteroatoms. The van der Waals surface area contributed by atoms with Crippen molar-refractivity contribution in [2.45, 2.75) is 6.18 Å². The van der Waals surface area contributed by atoms with Gasteiger partial charge in [-0.25, -0.2) is 0 Å². The van der Waals surface area contributed by atoms with Gasteiger partial charge in [0.25, 0.3) is 5.91 Å². The summed E-state index contributed by atoms with van der Waals surface area (Å²) in [5, 5.41) is 2.27. The highest BCUT2D eigenvalue weighted by molar-refractivity contribution is 9.10. The van der Waals surface area contributed by atoms with Crippen molar-refractivity contribution in [1.82, 2.24) is 0 Å². The van der Waals surface area contributed by atoms with Crippen LogP contribution in [0.15, 0.2) is 40.9 Å². The average Bonchev–Trinajstić information content (AvgIpc) is 2.54. The predicted octanol–water partition coefficient (Wildman–Crippen LogP) is 4.74. The fourth-order valence-corrected chi connectivity index (χ4v) is 2.35. The van der Waals surface area contributed by atoms with Crippen molar-refractivity contribution >= 4 is 27.5 Å². The molecule has 2 aromatic carbocycles. The Bertz CT molecular complexity index is 740. The van der Waals surface area contributed by atoms with Crippen LogP contribution < -0.4 is 14.8 Å². The van der Waals surface area contributed by atoms with Crippen molar-refractivity contribution in [3.8, 4) is 11.5 Å². The van der Waals surface area contributed by atoms with Crippen LogP contribution in [0.1, 0.15) is 15.9 Å². The Labute approximate surface area is 144 Å². The molecule has 2 aromatic rings. The number of nitrogens with one attached hydrogen (secondary N) is 1. The van der Waals surface area contributed by atoms with E-state index in [9.17, 15) is 18.0 Å². The minimum absolute atomic E-state index is 0.113. The van der Waals surface area contributed by atoms with Gasteiger partial charge in [0.15, 0.2) is 0 Å². The number of benzene rings is 2. The Morgan fingerprint density at radius 3 is 2.12 bits per heavy atom. The molecule has 0 spiro atoms. The van der Waals surface area contributed by atoms with E-state index in [0.717, 1.165) is 6.07 Å². The molecule has 0 heterocycles. The number of anilines is 1. The predicted molar refractivity (Wildman–Crippen MR) is 86.6 cm³/mol. The largest absolute Gasteiger partial charge is 0.497 e. The number of carbonyl (C=O) groups excluding carboxylic acids is 1. The lowest BCUT2D eigenvalue weighted by molar-refractivity contribution is -0.136. The summed E-state index contributed by atoms with van der Waals surface area (Å²) >= 11 is 2.99. The highest BCUT2D eigenvalue weighted by Gasteiger charge is 2.34. The zero-order valence-corrected chi connectivity index (χ0v) is 14.3. The van der Waals surface area contributed by atoms with E-state index in [4.69, 9.17) is 9.47 Å². The van der Waals surface area contributed by atoms with E-state index in [1.54, 1.807) is 6.07 Å². The number of amides is 1. The molecule has 0 atom stereocenters. The molecule has 0 unspecified atom stereocenters. The molecular weight excluding hydrogens is 391 g/mol. The maximum absolute atomic E-state index is 13.1. The van der Waals surface area contributed by atoms with Crippen molar-refractivity contribution in [3.05, 3.63) is 52.0 Å². The van der Waals surface area contributed by atoms with Crippen molar-refractivity contribution < 1.29 is 27.4 Å². The maximum atomic E-state index is 13.1. The third-order valence-corrected chi connectivity index (χ3v) is 3.64. The molecule has 24 heavy (non-hydrogen) atoms. The van der Waals surface area contributed by atoms with Gasteiger partial charge >= 0.3 is 6.18 Å². The highest BCUT2D eigenvalue weighted by atomic mass is 79.9. The number of alkyl halides is 3. The van der Waals surface area contributed by atoms with Gasteiger partial charge in [-0.2, -0.15) is 13.2 Å². The normalized spacial score (nSPS) is 11.1. The van der Waals surface area contributed by atoms with Crippen LogP contribution in [-0.2, 0) is 6.18 Å². The molecule has 0 fully saturated rings. The van der Waals surface area contributed by atoms with Gasteiger partial charge in [0.1, 0.15) is 11.5 Å². The van der Waals surface area contributed by atoms with Crippen LogP contribution >= 0.6 is 15.9 Å². The second kappa shape index (κ2) is 7.12. The van der Waals surface area contributed by atoms with Crippen LogP contribution in [0.2, 0.25) is 0 Å². The van der Waals surface area contributed by atoms with E-state index in [1.165, 1.54) is 38.5 Å². The van der Waals surface area contributed by atoms with Gasteiger partial charge in [-0.05, 0) is 30.3 Å². The zero-order chi connectivity index (χ0) is 17.9. The van der Waals surface area contributed by atoms with Crippen molar-refractivity contribution in [2.24, 2.45) is 0 Å². The SMILES string of the molecule is COc1cc(OC)cc(C(=O)Nc2ccc(Br)cc2C(F)(F)F)c1. The van der Waals surface area contributed by atoms with Crippen molar-refractivity contribution in [3.63, 3.8) is 0 Å². The maximum Gasteiger partial charge on any atom is 0.418 e. The summed E-state index contributed by atoms with van der Waals surface area (Å²) < 4.78 is 49.7. The summed E-state index contributed by atoms with van der Waals surface area (Å²) in [7, 11) is 2.82. The Morgan fingerprint density at radius 1 is 1.04 bits per heavy atom. The van der Waals surface area contributed by atoms with Crippen LogP contribution in [0.25, 0.3) is 0 Å². The summed E-state index contributed by atoms with van der Waals surface area (Å²) in [6, 6.07) is 7.87. The van der Waals surface area contributed by atoms with E-state index in [0.29, 0.717) is 11.5 Å². The molecule has 1 amide bonds. The summed E-state index contributed by atoms with van der Waals surface area (Å²) in [4.78, 5) is 12.3. The highest BCUT2D eigenvalue weighted by Crippen LogP contribution is 2.37. The van der Waals surface area contributed by atoms with E-state index in [2.05, 4.69) is 21.2 Å². The van der Waals surface area contributed by atoms with Gasteiger partial charge in [0, 0.05) is 16.1 Å². The average molecular weight is 404 g/mol. The molecule has 1 N–H and O–H groups in total. The molecular formula is C16H13BrF3NO3. The summed E-state index contributed by atoms with van der Waals surface area (Å²) in [6.07, 6.45) is -4.60. The third-order valence-electron chi connectivity index (χ3n) is 3.15. The number of ether oxygens (including phenoxy) is 2. The Balaban J connectivity index is 2.37. The summed E-state index contributed by atoms with van der Waals surface area (Å²) in [6.45, 7) is 0. The number of hydrogen-bond acceptors (Lipinski definition) is 3. The van der Waals surface area contributed by atoms with Crippen LogP contribution in [0.4, 0.5) is 18.9 Å². The van der Waals surface area contributed by atoms with Crippen LogP contribution in [0.3, 0.4) is 0 Å².